The van der Waals surface area contributed by atoms with E-state index in [4.69, 9.17) is 10.8 Å². The highest BCUT2D eigenvalue weighted by atomic mass is 79.9. The van der Waals surface area contributed by atoms with E-state index in [0.717, 1.165) is 0 Å². The lowest BCUT2D eigenvalue weighted by molar-refractivity contribution is -0.274. The molecule has 0 aliphatic rings. The summed E-state index contributed by atoms with van der Waals surface area (Å²) in [7, 11) is 0. The van der Waals surface area contributed by atoms with Crippen molar-refractivity contribution in [1.82, 2.24) is 0 Å². The first-order valence-electron chi connectivity index (χ1n) is 3.78. The molecule has 3 nitrogen and oxygen atoms in total. The van der Waals surface area contributed by atoms with Crippen LogP contribution in [0, 0.1) is 0 Å². The van der Waals surface area contributed by atoms with Crippen molar-refractivity contribution in [3.05, 3.63) is 22.2 Å². The molecule has 1 aromatic rings. The summed E-state index contributed by atoms with van der Waals surface area (Å²) in [4.78, 5) is 0. The molecule has 1 aromatic carbocycles. The zero-order valence-corrected chi connectivity index (χ0v) is 8.89. The Balaban J connectivity index is 3.20. The number of alkyl halides is 3. The Morgan fingerprint density at radius 1 is 1.40 bits per heavy atom. The van der Waals surface area contributed by atoms with Gasteiger partial charge in [0.1, 0.15) is 0 Å². The minimum Gasteiger partial charge on any atom is -0.403 e. The van der Waals surface area contributed by atoms with Gasteiger partial charge in [-0.25, -0.2) is 0 Å². The molecule has 0 aliphatic carbocycles. The van der Waals surface area contributed by atoms with Crippen LogP contribution in [-0.2, 0) is 6.61 Å². The van der Waals surface area contributed by atoms with Gasteiger partial charge in [-0.05, 0) is 12.1 Å². The van der Waals surface area contributed by atoms with Gasteiger partial charge >= 0.3 is 6.36 Å². The largest absolute Gasteiger partial charge is 0.573 e. The number of hydrogen-bond acceptors (Lipinski definition) is 3. The van der Waals surface area contributed by atoms with Gasteiger partial charge in [-0.1, -0.05) is 15.9 Å². The van der Waals surface area contributed by atoms with Crippen LogP contribution in [0.4, 0.5) is 18.9 Å². The SMILES string of the molecule is Nc1ccc(Br)c(CO)c1OC(F)(F)F. The van der Waals surface area contributed by atoms with E-state index in [1.54, 1.807) is 0 Å². The normalized spacial score (nSPS) is 11.5. The molecule has 3 N–H and O–H groups in total. The van der Waals surface area contributed by atoms with Crippen LogP contribution in [0.5, 0.6) is 5.75 Å². The van der Waals surface area contributed by atoms with Crippen molar-refractivity contribution < 1.29 is 23.0 Å². The molecular formula is C8H7BrF3NO2. The molecule has 0 aromatic heterocycles. The van der Waals surface area contributed by atoms with E-state index in [2.05, 4.69) is 20.7 Å². The first-order chi connectivity index (χ1) is 6.85. The maximum atomic E-state index is 12.0. The highest BCUT2D eigenvalue weighted by molar-refractivity contribution is 9.10. The lowest BCUT2D eigenvalue weighted by atomic mass is 10.2. The fourth-order valence-corrected chi connectivity index (χ4v) is 1.44. The van der Waals surface area contributed by atoms with Crippen LogP contribution in [0.2, 0.25) is 0 Å². The monoisotopic (exact) mass is 285 g/mol. The molecule has 7 heteroatoms. The van der Waals surface area contributed by atoms with Gasteiger partial charge in [0.05, 0.1) is 12.3 Å². The van der Waals surface area contributed by atoms with Crippen molar-refractivity contribution in [3.8, 4) is 5.75 Å². The average molecular weight is 286 g/mol. The Morgan fingerprint density at radius 2 is 2.00 bits per heavy atom. The lowest BCUT2D eigenvalue weighted by Crippen LogP contribution is -2.19. The van der Waals surface area contributed by atoms with Gasteiger partial charge in [0.15, 0.2) is 5.75 Å². The minimum atomic E-state index is -4.83. The van der Waals surface area contributed by atoms with Crippen molar-refractivity contribution in [1.29, 1.82) is 0 Å². The summed E-state index contributed by atoms with van der Waals surface area (Å²) in [6.07, 6.45) is -4.83. The van der Waals surface area contributed by atoms with Gasteiger partial charge in [-0.3, -0.25) is 0 Å². The van der Waals surface area contributed by atoms with Crippen LogP contribution >= 0.6 is 15.9 Å². The molecule has 0 saturated heterocycles. The summed E-state index contributed by atoms with van der Waals surface area (Å²) in [5.74, 6) is -0.570. The van der Waals surface area contributed by atoms with Crippen LogP contribution < -0.4 is 10.5 Å². The number of rotatable bonds is 2. The molecule has 0 heterocycles. The fraction of sp³-hybridized carbons (Fsp3) is 0.250. The van der Waals surface area contributed by atoms with Crippen LogP contribution in [0.15, 0.2) is 16.6 Å². The molecule has 0 spiro atoms. The minimum absolute atomic E-state index is 0.0349. The Labute approximate surface area is 91.8 Å². The van der Waals surface area contributed by atoms with E-state index in [0.29, 0.717) is 4.47 Å². The van der Waals surface area contributed by atoms with E-state index in [9.17, 15) is 13.2 Å². The van der Waals surface area contributed by atoms with Gasteiger partial charge in [0.2, 0.25) is 0 Å². The molecule has 0 aliphatic heterocycles. The standard InChI is InChI=1S/C8H7BrF3NO2/c9-5-1-2-6(13)7(4(5)3-14)15-8(10,11)12/h1-2,14H,3,13H2. The topological polar surface area (TPSA) is 55.5 Å². The van der Waals surface area contributed by atoms with E-state index in [1.165, 1.54) is 12.1 Å². The Morgan fingerprint density at radius 3 is 2.47 bits per heavy atom. The number of benzene rings is 1. The number of aliphatic hydroxyl groups is 1. The molecule has 0 radical (unpaired) electrons. The summed E-state index contributed by atoms with van der Waals surface area (Å²) in [6.45, 7) is -0.600. The van der Waals surface area contributed by atoms with Crippen molar-refractivity contribution in [2.45, 2.75) is 13.0 Å². The van der Waals surface area contributed by atoms with E-state index < -0.39 is 18.7 Å². The molecule has 84 valence electrons. The zero-order valence-electron chi connectivity index (χ0n) is 7.31. The van der Waals surface area contributed by atoms with Crippen LogP contribution in [0.1, 0.15) is 5.56 Å². The van der Waals surface area contributed by atoms with Gasteiger partial charge in [-0.15, -0.1) is 13.2 Å². The van der Waals surface area contributed by atoms with Crippen LogP contribution in [-0.4, -0.2) is 11.5 Å². The molecule has 0 unspecified atom stereocenters. The van der Waals surface area contributed by atoms with E-state index in [1.807, 2.05) is 0 Å². The maximum Gasteiger partial charge on any atom is 0.573 e. The Kier molecular flexibility index (Phi) is 3.46. The lowest BCUT2D eigenvalue weighted by Gasteiger charge is -2.15. The molecular weight excluding hydrogens is 279 g/mol. The predicted octanol–water partition coefficient (Wildman–Crippen LogP) is 2.42. The van der Waals surface area contributed by atoms with Gasteiger partial charge in [0, 0.05) is 10.0 Å². The number of halogens is 4. The second kappa shape index (κ2) is 4.28. The number of anilines is 1. The third kappa shape index (κ3) is 3.00. The zero-order chi connectivity index (χ0) is 11.6. The average Bonchev–Trinajstić information content (AvgIpc) is 2.10. The first-order valence-corrected chi connectivity index (χ1v) is 4.58. The number of ether oxygens (including phenoxy) is 1. The maximum absolute atomic E-state index is 12.0. The summed E-state index contributed by atoms with van der Waals surface area (Å²) in [6, 6.07) is 2.69. The van der Waals surface area contributed by atoms with Crippen LogP contribution in [0.25, 0.3) is 0 Å². The number of hydrogen-bond donors (Lipinski definition) is 2. The fourth-order valence-electron chi connectivity index (χ4n) is 1.01. The molecule has 0 atom stereocenters. The predicted molar refractivity (Wildman–Crippen MR) is 51.2 cm³/mol. The molecule has 0 amide bonds. The van der Waals surface area contributed by atoms with Crippen molar-refractivity contribution >= 4 is 21.6 Å². The number of aliphatic hydroxyl groups excluding tert-OH is 1. The van der Waals surface area contributed by atoms with Gasteiger partial charge < -0.3 is 15.6 Å². The molecule has 1 rings (SSSR count). The quantitative estimate of drug-likeness (QED) is 0.821. The second-order valence-electron chi connectivity index (χ2n) is 2.65. The molecule has 0 saturated carbocycles. The summed E-state index contributed by atoms with van der Waals surface area (Å²) in [5, 5.41) is 8.89. The Bertz CT molecular complexity index is 368. The van der Waals surface area contributed by atoms with Crippen LogP contribution in [0.3, 0.4) is 0 Å². The highest BCUT2D eigenvalue weighted by Gasteiger charge is 2.33. The van der Waals surface area contributed by atoms with E-state index in [-0.39, 0.29) is 11.3 Å². The third-order valence-electron chi connectivity index (χ3n) is 1.61. The van der Waals surface area contributed by atoms with Gasteiger partial charge in [0.25, 0.3) is 0 Å². The molecule has 15 heavy (non-hydrogen) atoms. The third-order valence-corrected chi connectivity index (χ3v) is 2.35. The van der Waals surface area contributed by atoms with Crippen molar-refractivity contribution in [2.24, 2.45) is 0 Å². The number of nitrogens with two attached hydrogens (primary N) is 1. The molecule has 0 bridgehead atoms. The summed E-state index contributed by atoms with van der Waals surface area (Å²) >= 11 is 2.99. The van der Waals surface area contributed by atoms with Crippen molar-refractivity contribution in [2.75, 3.05) is 5.73 Å². The van der Waals surface area contributed by atoms with E-state index >= 15 is 0 Å². The summed E-state index contributed by atoms with van der Waals surface area (Å²) < 4.78 is 40.0. The molecule has 0 fully saturated rings. The van der Waals surface area contributed by atoms with Gasteiger partial charge in [-0.2, -0.15) is 0 Å². The Hall–Kier alpha value is -0.950. The number of nitrogen functional groups attached to an aromatic ring is 1. The van der Waals surface area contributed by atoms with Crippen molar-refractivity contribution in [3.63, 3.8) is 0 Å². The summed E-state index contributed by atoms with van der Waals surface area (Å²) in [5.41, 5.74) is 5.10. The smallest absolute Gasteiger partial charge is 0.403 e. The first kappa shape index (κ1) is 12.1. The second-order valence-corrected chi connectivity index (χ2v) is 3.50. The highest BCUT2D eigenvalue weighted by Crippen LogP contribution is 2.36.